The van der Waals surface area contributed by atoms with Gasteiger partial charge in [-0.15, -0.1) is 0 Å². The number of aromatic carboxylic acids is 1. The first-order valence-corrected chi connectivity index (χ1v) is 6.84. The van der Waals surface area contributed by atoms with Crippen molar-refractivity contribution in [1.29, 1.82) is 0 Å². The van der Waals surface area contributed by atoms with Crippen LogP contribution in [0.4, 0.5) is 13.2 Å². The molecule has 0 spiro atoms. The summed E-state index contributed by atoms with van der Waals surface area (Å²) in [7, 11) is 0. The molecule has 3 rings (SSSR count). The zero-order valence-corrected chi connectivity index (χ0v) is 11.8. The Morgan fingerprint density at radius 2 is 1.70 bits per heavy atom. The number of benzene rings is 2. The average Bonchev–Trinajstić information content (AvgIpc) is 2.86. The Morgan fingerprint density at radius 1 is 1.04 bits per heavy atom. The number of fused-ring (bicyclic) bond motifs is 1. The summed E-state index contributed by atoms with van der Waals surface area (Å²) >= 11 is 0. The van der Waals surface area contributed by atoms with Crippen LogP contribution in [0.5, 0.6) is 0 Å². The molecule has 0 radical (unpaired) electrons. The molecule has 0 amide bonds. The van der Waals surface area contributed by atoms with Crippen molar-refractivity contribution in [1.82, 2.24) is 4.57 Å². The SMILES string of the molecule is O=C(O)c1cn(Cc2ccccc2C(F)(F)F)c2ccccc12. The fourth-order valence-corrected chi connectivity index (χ4v) is 2.67. The highest BCUT2D eigenvalue weighted by Crippen LogP contribution is 2.33. The number of aromatic nitrogens is 1. The number of carbonyl (C=O) groups is 1. The zero-order chi connectivity index (χ0) is 16.6. The van der Waals surface area contributed by atoms with Crippen LogP contribution >= 0.6 is 0 Å². The molecule has 6 heteroatoms. The van der Waals surface area contributed by atoms with Gasteiger partial charge in [-0.2, -0.15) is 13.2 Å². The minimum absolute atomic E-state index is 0.0521. The van der Waals surface area contributed by atoms with Crippen LogP contribution in [0.3, 0.4) is 0 Å². The fourth-order valence-electron chi connectivity index (χ4n) is 2.67. The smallest absolute Gasteiger partial charge is 0.416 e. The third-order valence-corrected chi connectivity index (χ3v) is 3.68. The largest absolute Gasteiger partial charge is 0.478 e. The van der Waals surface area contributed by atoms with E-state index < -0.39 is 17.7 Å². The lowest BCUT2D eigenvalue weighted by atomic mass is 10.1. The number of para-hydroxylation sites is 1. The Morgan fingerprint density at radius 3 is 2.39 bits per heavy atom. The van der Waals surface area contributed by atoms with Crippen molar-refractivity contribution >= 4 is 16.9 Å². The maximum absolute atomic E-state index is 13.1. The summed E-state index contributed by atoms with van der Waals surface area (Å²) < 4.78 is 40.8. The van der Waals surface area contributed by atoms with Gasteiger partial charge in [0, 0.05) is 23.6 Å². The Kier molecular flexibility index (Phi) is 3.60. The topological polar surface area (TPSA) is 42.2 Å². The van der Waals surface area contributed by atoms with E-state index in [9.17, 15) is 23.1 Å². The first-order chi connectivity index (χ1) is 10.9. The van der Waals surface area contributed by atoms with E-state index >= 15 is 0 Å². The van der Waals surface area contributed by atoms with Crippen LogP contribution in [0, 0.1) is 0 Å². The number of carboxylic acid groups (broad SMARTS) is 1. The lowest BCUT2D eigenvalue weighted by Gasteiger charge is -2.13. The molecular formula is C17H12F3NO2. The normalized spacial score (nSPS) is 11.8. The number of alkyl halides is 3. The van der Waals surface area contributed by atoms with Gasteiger partial charge in [0.2, 0.25) is 0 Å². The fraction of sp³-hybridized carbons (Fsp3) is 0.118. The van der Waals surface area contributed by atoms with Crippen molar-refractivity contribution in [2.75, 3.05) is 0 Å². The van der Waals surface area contributed by atoms with Gasteiger partial charge >= 0.3 is 12.1 Å². The third kappa shape index (κ3) is 2.79. The lowest BCUT2D eigenvalue weighted by molar-refractivity contribution is -0.138. The molecule has 0 bridgehead atoms. The summed E-state index contributed by atoms with van der Waals surface area (Å²) in [5.74, 6) is -1.11. The van der Waals surface area contributed by atoms with E-state index in [2.05, 4.69) is 0 Å². The molecule has 0 saturated heterocycles. The van der Waals surface area contributed by atoms with E-state index in [-0.39, 0.29) is 17.7 Å². The van der Waals surface area contributed by atoms with E-state index in [1.807, 2.05) is 0 Å². The second-order valence-electron chi connectivity index (χ2n) is 5.15. The minimum atomic E-state index is -4.45. The number of hydrogen-bond donors (Lipinski definition) is 1. The summed E-state index contributed by atoms with van der Waals surface area (Å²) in [6, 6.07) is 12.1. The Labute approximate surface area is 129 Å². The summed E-state index contributed by atoms with van der Waals surface area (Å²) in [5.41, 5.74) is 0.0410. The molecular weight excluding hydrogens is 307 g/mol. The number of rotatable bonds is 3. The number of halogens is 3. The molecule has 0 aliphatic heterocycles. The minimum Gasteiger partial charge on any atom is -0.478 e. The van der Waals surface area contributed by atoms with Crippen LogP contribution in [-0.4, -0.2) is 15.6 Å². The molecule has 0 saturated carbocycles. The molecule has 3 nitrogen and oxygen atoms in total. The molecule has 0 fully saturated rings. The molecule has 0 atom stereocenters. The zero-order valence-electron chi connectivity index (χ0n) is 11.8. The van der Waals surface area contributed by atoms with E-state index in [1.165, 1.54) is 29.0 Å². The van der Waals surface area contributed by atoms with Crippen LogP contribution in [0.15, 0.2) is 54.7 Å². The van der Waals surface area contributed by atoms with Crippen LogP contribution in [-0.2, 0) is 12.7 Å². The average molecular weight is 319 g/mol. The molecule has 0 unspecified atom stereocenters. The highest BCUT2D eigenvalue weighted by Gasteiger charge is 2.33. The van der Waals surface area contributed by atoms with E-state index in [1.54, 1.807) is 24.3 Å². The third-order valence-electron chi connectivity index (χ3n) is 3.68. The Balaban J connectivity index is 2.12. The Bertz CT molecular complexity index is 881. The molecule has 0 aliphatic rings. The summed E-state index contributed by atoms with van der Waals surface area (Å²) in [6.07, 6.45) is -3.07. The summed E-state index contributed by atoms with van der Waals surface area (Å²) in [5, 5.41) is 9.76. The first-order valence-electron chi connectivity index (χ1n) is 6.84. The quantitative estimate of drug-likeness (QED) is 0.777. The van der Waals surface area contributed by atoms with Crippen LogP contribution in [0.2, 0.25) is 0 Å². The van der Waals surface area contributed by atoms with Gasteiger partial charge < -0.3 is 9.67 Å². The predicted molar refractivity (Wildman–Crippen MR) is 79.4 cm³/mol. The standard InChI is InChI=1S/C17H12F3NO2/c18-17(19,20)14-7-3-1-5-11(14)9-21-10-13(16(22)23)12-6-2-4-8-15(12)21/h1-8,10H,9H2,(H,22,23). The van der Waals surface area contributed by atoms with Gasteiger partial charge in [0.05, 0.1) is 11.1 Å². The van der Waals surface area contributed by atoms with Crippen molar-refractivity contribution in [3.05, 3.63) is 71.4 Å². The van der Waals surface area contributed by atoms with Crippen molar-refractivity contribution in [3.8, 4) is 0 Å². The molecule has 1 aromatic heterocycles. The Hall–Kier alpha value is -2.76. The molecule has 3 aromatic rings. The van der Waals surface area contributed by atoms with Crippen molar-refractivity contribution in [3.63, 3.8) is 0 Å². The molecule has 1 N–H and O–H groups in total. The van der Waals surface area contributed by atoms with Crippen LogP contribution in [0.1, 0.15) is 21.5 Å². The molecule has 118 valence electrons. The van der Waals surface area contributed by atoms with E-state index in [0.29, 0.717) is 10.9 Å². The van der Waals surface area contributed by atoms with Gasteiger partial charge in [-0.3, -0.25) is 0 Å². The highest BCUT2D eigenvalue weighted by molar-refractivity contribution is 6.03. The van der Waals surface area contributed by atoms with Gasteiger partial charge in [-0.25, -0.2) is 4.79 Å². The van der Waals surface area contributed by atoms with Crippen LogP contribution < -0.4 is 0 Å². The van der Waals surface area contributed by atoms with Gasteiger partial charge in [0.25, 0.3) is 0 Å². The van der Waals surface area contributed by atoms with E-state index in [4.69, 9.17) is 0 Å². The second kappa shape index (κ2) is 5.46. The molecule has 1 heterocycles. The number of nitrogens with zero attached hydrogens (tertiary/aromatic N) is 1. The van der Waals surface area contributed by atoms with Gasteiger partial charge in [0.15, 0.2) is 0 Å². The highest BCUT2D eigenvalue weighted by atomic mass is 19.4. The molecule has 0 aliphatic carbocycles. The van der Waals surface area contributed by atoms with Crippen molar-refractivity contribution < 1.29 is 23.1 Å². The van der Waals surface area contributed by atoms with Gasteiger partial charge in [-0.05, 0) is 17.7 Å². The second-order valence-corrected chi connectivity index (χ2v) is 5.15. The van der Waals surface area contributed by atoms with Crippen molar-refractivity contribution in [2.24, 2.45) is 0 Å². The number of carboxylic acids is 1. The van der Waals surface area contributed by atoms with Crippen molar-refractivity contribution in [2.45, 2.75) is 12.7 Å². The monoisotopic (exact) mass is 319 g/mol. The molecule has 2 aromatic carbocycles. The maximum Gasteiger partial charge on any atom is 0.416 e. The van der Waals surface area contributed by atoms with Crippen LogP contribution in [0.25, 0.3) is 10.9 Å². The summed E-state index contributed by atoms with van der Waals surface area (Å²) in [4.78, 5) is 11.3. The van der Waals surface area contributed by atoms with Gasteiger partial charge in [-0.1, -0.05) is 36.4 Å². The van der Waals surface area contributed by atoms with Gasteiger partial charge in [0.1, 0.15) is 0 Å². The molecule has 23 heavy (non-hydrogen) atoms. The first kappa shape index (κ1) is 15.1. The maximum atomic E-state index is 13.1. The lowest BCUT2D eigenvalue weighted by Crippen LogP contribution is -2.11. The van der Waals surface area contributed by atoms with E-state index in [0.717, 1.165) is 6.07 Å². The summed E-state index contributed by atoms with van der Waals surface area (Å²) in [6.45, 7) is -0.0521. The number of hydrogen-bond acceptors (Lipinski definition) is 1. The predicted octanol–water partition coefficient (Wildman–Crippen LogP) is 4.41.